The normalized spacial score (nSPS) is 10.5. The first-order valence-corrected chi connectivity index (χ1v) is 9.41. The summed E-state index contributed by atoms with van der Waals surface area (Å²) in [6.07, 6.45) is 0. The molecule has 3 aromatic carbocycles. The quantitative estimate of drug-likeness (QED) is 0.625. The number of carbonyl (C=O) groups is 2. The monoisotopic (exact) mass is 392 g/mol. The molecule has 0 unspecified atom stereocenters. The number of rotatable bonds is 6. The van der Waals surface area contributed by atoms with Crippen molar-refractivity contribution in [2.45, 2.75) is 12.5 Å². The van der Waals surface area contributed by atoms with Crippen molar-refractivity contribution >= 4 is 23.4 Å². The van der Waals surface area contributed by atoms with Gasteiger partial charge in [-0.1, -0.05) is 84.4 Å². The van der Waals surface area contributed by atoms with Crippen molar-refractivity contribution in [2.75, 3.05) is 6.54 Å². The molecule has 0 saturated heterocycles. The van der Waals surface area contributed by atoms with Crippen LogP contribution in [0.15, 0.2) is 84.9 Å². The van der Waals surface area contributed by atoms with E-state index in [0.717, 1.165) is 16.7 Å². The molecule has 0 saturated carbocycles. The molecule has 0 radical (unpaired) electrons. The number of amides is 2. The summed E-state index contributed by atoms with van der Waals surface area (Å²) < 4.78 is 0. The Hall–Kier alpha value is -3.11. The van der Waals surface area contributed by atoms with E-state index in [1.54, 1.807) is 18.2 Å². The lowest BCUT2D eigenvalue weighted by atomic mass is 9.91. The molecule has 3 aromatic rings. The molecule has 0 heterocycles. The van der Waals surface area contributed by atoms with Crippen molar-refractivity contribution in [3.63, 3.8) is 0 Å². The molecule has 4 nitrogen and oxygen atoms in total. The SMILES string of the molecule is O=C(NCc1cccc(Cl)c1)C(=O)NCC(c1ccccc1)c1ccccc1. The first-order valence-electron chi connectivity index (χ1n) is 9.04. The molecule has 3 rings (SSSR count). The Labute approximate surface area is 169 Å². The molecule has 2 N–H and O–H groups in total. The zero-order chi connectivity index (χ0) is 19.8. The van der Waals surface area contributed by atoms with Crippen molar-refractivity contribution in [1.82, 2.24) is 10.6 Å². The zero-order valence-electron chi connectivity index (χ0n) is 15.3. The molecule has 0 aliphatic carbocycles. The molecule has 2 amide bonds. The Morgan fingerprint density at radius 3 is 1.89 bits per heavy atom. The third kappa shape index (κ3) is 5.44. The maximum Gasteiger partial charge on any atom is 0.309 e. The third-order valence-electron chi connectivity index (χ3n) is 4.42. The van der Waals surface area contributed by atoms with Gasteiger partial charge in [0.15, 0.2) is 0 Å². The highest BCUT2D eigenvalue weighted by molar-refractivity contribution is 6.35. The second-order valence-corrected chi connectivity index (χ2v) is 6.83. The summed E-state index contributed by atoms with van der Waals surface area (Å²) in [6, 6.07) is 27.0. The fourth-order valence-electron chi connectivity index (χ4n) is 2.98. The number of halogens is 1. The number of hydrogen-bond acceptors (Lipinski definition) is 2. The van der Waals surface area contributed by atoms with Gasteiger partial charge >= 0.3 is 11.8 Å². The van der Waals surface area contributed by atoms with Crippen LogP contribution in [-0.4, -0.2) is 18.4 Å². The molecule has 0 bridgehead atoms. The first-order chi connectivity index (χ1) is 13.6. The molecule has 0 aromatic heterocycles. The molecule has 142 valence electrons. The molecule has 5 heteroatoms. The molecule has 0 atom stereocenters. The van der Waals surface area contributed by atoms with E-state index in [-0.39, 0.29) is 12.5 Å². The van der Waals surface area contributed by atoms with E-state index in [0.29, 0.717) is 11.6 Å². The van der Waals surface area contributed by atoms with Gasteiger partial charge in [-0.25, -0.2) is 0 Å². The van der Waals surface area contributed by atoms with Gasteiger partial charge in [-0.15, -0.1) is 0 Å². The predicted molar refractivity (Wildman–Crippen MR) is 111 cm³/mol. The smallest absolute Gasteiger partial charge is 0.309 e. The topological polar surface area (TPSA) is 58.2 Å². The average Bonchev–Trinajstić information content (AvgIpc) is 2.73. The number of carbonyl (C=O) groups excluding carboxylic acids is 2. The van der Waals surface area contributed by atoms with Crippen LogP contribution in [0.4, 0.5) is 0 Å². The lowest BCUT2D eigenvalue weighted by Gasteiger charge is -2.18. The van der Waals surface area contributed by atoms with Crippen molar-refractivity contribution in [3.8, 4) is 0 Å². The average molecular weight is 393 g/mol. The van der Waals surface area contributed by atoms with Crippen LogP contribution >= 0.6 is 11.6 Å². The van der Waals surface area contributed by atoms with Gasteiger partial charge in [0.1, 0.15) is 0 Å². The van der Waals surface area contributed by atoms with Gasteiger partial charge in [-0.2, -0.15) is 0 Å². The molecule has 0 spiro atoms. The maximum atomic E-state index is 12.2. The van der Waals surface area contributed by atoms with E-state index in [4.69, 9.17) is 11.6 Å². The lowest BCUT2D eigenvalue weighted by molar-refractivity contribution is -0.139. The standard InChI is InChI=1S/C23H21ClN2O2/c24-20-13-7-8-17(14-20)15-25-22(27)23(28)26-16-21(18-9-3-1-4-10-18)19-11-5-2-6-12-19/h1-14,21H,15-16H2,(H,25,27)(H,26,28). The minimum atomic E-state index is -0.667. The molecule has 0 aliphatic heterocycles. The van der Waals surface area contributed by atoms with Crippen LogP contribution in [-0.2, 0) is 16.1 Å². The molecule has 0 fully saturated rings. The maximum absolute atomic E-state index is 12.2. The Kier molecular flexibility index (Phi) is 6.82. The highest BCUT2D eigenvalue weighted by Crippen LogP contribution is 2.23. The third-order valence-corrected chi connectivity index (χ3v) is 4.65. The molecule has 0 aliphatic rings. The van der Waals surface area contributed by atoms with Crippen LogP contribution in [0, 0.1) is 0 Å². The van der Waals surface area contributed by atoms with E-state index in [1.165, 1.54) is 0 Å². The predicted octanol–water partition coefficient (Wildman–Crippen LogP) is 3.90. The fourth-order valence-corrected chi connectivity index (χ4v) is 3.20. The summed E-state index contributed by atoms with van der Waals surface area (Å²) in [4.78, 5) is 24.4. The summed E-state index contributed by atoms with van der Waals surface area (Å²) in [5.41, 5.74) is 2.99. The summed E-state index contributed by atoms with van der Waals surface area (Å²) in [5.74, 6) is -1.36. The Bertz CT molecular complexity index is 890. The van der Waals surface area contributed by atoms with Crippen molar-refractivity contribution in [3.05, 3.63) is 107 Å². The van der Waals surface area contributed by atoms with E-state index < -0.39 is 11.8 Å². The molecule has 28 heavy (non-hydrogen) atoms. The fraction of sp³-hybridized carbons (Fsp3) is 0.130. The zero-order valence-corrected chi connectivity index (χ0v) is 16.0. The highest BCUT2D eigenvalue weighted by atomic mass is 35.5. The minimum Gasteiger partial charge on any atom is -0.347 e. The van der Waals surface area contributed by atoms with Gasteiger partial charge in [0.25, 0.3) is 0 Å². The van der Waals surface area contributed by atoms with Crippen LogP contribution in [0.25, 0.3) is 0 Å². The first kappa shape index (κ1) is 19.6. The second-order valence-electron chi connectivity index (χ2n) is 6.40. The number of benzene rings is 3. The van der Waals surface area contributed by atoms with E-state index in [9.17, 15) is 9.59 Å². The molecular formula is C23H21ClN2O2. The Morgan fingerprint density at radius 1 is 0.750 bits per heavy atom. The van der Waals surface area contributed by atoms with E-state index in [1.807, 2.05) is 66.7 Å². The van der Waals surface area contributed by atoms with Crippen molar-refractivity contribution < 1.29 is 9.59 Å². The number of nitrogens with one attached hydrogen (secondary N) is 2. The van der Waals surface area contributed by atoms with Crippen LogP contribution < -0.4 is 10.6 Å². The minimum absolute atomic E-state index is 0.0351. The Morgan fingerprint density at radius 2 is 1.32 bits per heavy atom. The van der Waals surface area contributed by atoms with Crippen LogP contribution in [0.2, 0.25) is 5.02 Å². The van der Waals surface area contributed by atoms with Crippen molar-refractivity contribution in [2.24, 2.45) is 0 Å². The van der Waals surface area contributed by atoms with Gasteiger partial charge < -0.3 is 10.6 Å². The summed E-state index contributed by atoms with van der Waals surface area (Å²) in [7, 11) is 0. The molecular weight excluding hydrogens is 372 g/mol. The van der Waals surface area contributed by atoms with Crippen molar-refractivity contribution in [1.29, 1.82) is 0 Å². The highest BCUT2D eigenvalue weighted by Gasteiger charge is 2.18. The van der Waals surface area contributed by atoms with Crippen LogP contribution in [0.1, 0.15) is 22.6 Å². The Balaban J connectivity index is 1.61. The van der Waals surface area contributed by atoms with Gasteiger partial charge in [0, 0.05) is 24.0 Å². The van der Waals surface area contributed by atoms with Gasteiger partial charge in [0.05, 0.1) is 0 Å². The summed E-state index contributed by atoms with van der Waals surface area (Å²) in [5, 5.41) is 5.96. The van der Waals surface area contributed by atoms with E-state index in [2.05, 4.69) is 10.6 Å². The van der Waals surface area contributed by atoms with Gasteiger partial charge in [-0.3, -0.25) is 9.59 Å². The summed E-state index contributed by atoms with van der Waals surface area (Å²) in [6.45, 7) is 0.574. The largest absolute Gasteiger partial charge is 0.347 e. The van der Waals surface area contributed by atoms with Crippen LogP contribution in [0.5, 0.6) is 0 Å². The van der Waals surface area contributed by atoms with Gasteiger partial charge in [-0.05, 0) is 28.8 Å². The summed E-state index contributed by atoms with van der Waals surface area (Å²) >= 11 is 5.93. The van der Waals surface area contributed by atoms with E-state index >= 15 is 0 Å². The number of hydrogen-bond donors (Lipinski definition) is 2. The second kappa shape index (κ2) is 9.72. The van der Waals surface area contributed by atoms with Gasteiger partial charge in [0.2, 0.25) is 0 Å². The lowest BCUT2D eigenvalue weighted by Crippen LogP contribution is -2.41. The van der Waals surface area contributed by atoms with Crippen LogP contribution in [0.3, 0.4) is 0 Å².